The van der Waals surface area contributed by atoms with Crippen molar-refractivity contribution in [2.75, 3.05) is 5.75 Å². The van der Waals surface area contributed by atoms with Gasteiger partial charge in [-0.25, -0.2) is 8.78 Å². The smallest absolute Gasteiger partial charge is 0.263 e. The van der Waals surface area contributed by atoms with Gasteiger partial charge in [0.15, 0.2) is 0 Å². The molecule has 1 saturated heterocycles. The summed E-state index contributed by atoms with van der Waals surface area (Å²) in [6.07, 6.45) is -1.25. The van der Waals surface area contributed by atoms with Crippen LogP contribution < -0.4 is 5.32 Å². The third-order valence-corrected chi connectivity index (χ3v) is 3.95. The zero-order valence-corrected chi connectivity index (χ0v) is 9.94. The van der Waals surface area contributed by atoms with Crippen LogP contribution in [0.1, 0.15) is 36.3 Å². The number of thioether (sulfide) groups is 1. The lowest BCUT2D eigenvalue weighted by atomic mass is 10.1. The molecular formula is C12H15F2NS. The molecular weight excluding hydrogens is 228 g/mol. The Morgan fingerprint density at radius 1 is 1.44 bits per heavy atom. The topological polar surface area (TPSA) is 12.0 Å². The van der Waals surface area contributed by atoms with Crippen LogP contribution in [0.25, 0.3) is 0 Å². The van der Waals surface area contributed by atoms with E-state index in [4.69, 9.17) is 0 Å². The van der Waals surface area contributed by atoms with Gasteiger partial charge in [0.05, 0.1) is 5.37 Å². The van der Waals surface area contributed by atoms with Gasteiger partial charge < -0.3 is 0 Å². The SMILES string of the molecule is CC1CCSC(c2cccc(C(F)F)c2)N1. The Morgan fingerprint density at radius 3 is 2.94 bits per heavy atom. The van der Waals surface area contributed by atoms with Crippen LogP contribution in [0.3, 0.4) is 0 Å². The molecule has 1 aliphatic rings. The van der Waals surface area contributed by atoms with Crippen LogP contribution >= 0.6 is 11.8 Å². The van der Waals surface area contributed by atoms with E-state index in [0.717, 1.165) is 17.7 Å². The first-order valence-electron chi connectivity index (χ1n) is 5.42. The highest BCUT2D eigenvalue weighted by Crippen LogP contribution is 2.33. The second-order valence-electron chi connectivity index (χ2n) is 4.08. The van der Waals surface area contributed by atoms with Crippen molar-refractivity contribution < 1.29 is 8.78 Å². The Balaban J connectivity index is 2.16. The summed E-state index contributed by atoms with van der Waals surface area (Å²) in [5, 5.41) is 3.57. The minimum Gasteiger partial charge on any atom is -0.299 e. The third kappa shape index (κ3) is 2.74. The van der Waals surface area contributed by atoms with Gasteiger partial charge in [-0.2, -0.15) is 0 Å². The molecule has 0 bridgehead atoms. The lowest BCUT2D eigenvalue weighted by Gasteiger charge is -2.28. The van der Waals surface area contributed by atoms with Crippen LogP contribution in [0, 0.1) is 0 Å². The van der Waals surface area contributed by atoms with E-state index >= 15 is 0 Å². The molecule has 16 heavy (non-hydrogen) atoms. The highest BCUT2D eigenvalue weighted by molar-refractivity contribution is 7.99. The average molecular weight is 243 g/mol. The number of halogens is 2. The van der Waals surface area contributed by atoms with Crippen molar-refractivity contribution in [1.29, 1.82) is 0 Å². The van der Waals surface area contributed by atoms with Crippen molar-refractivity contribution in [3.8, 4) is 0 Å². The first-order chi connectivity index (χ1) is 7.66. The highest BCUT2D eigenvalue weighted by Gasteiger charge is 2.20. The monoisotopic (exact) mass is 243 g/mol. The van der Waals surface area contributed by atoms with E-state index in [-0.39, 0.29) is 10.9 Å². The number of hydrogen-bond acceptors (Lipinski definition) is 2. The van der Waals surface area contributed by atoms with Gasteiger partial charge in [-0.3, -0.25) is 5.32 Å². The molecule has 1 aromatic carbocycles. The predicted octanol–water partition coefficient (Wildman–Crippen LogP) is 3.74. The van der Waals surface area contributed by atoms with Crippen molar-refractivity contribution in [2.45, 2.75) is 31.2 Å². The fourth-order valence-electron chi connectivity index (χ4n) is 1.80. The lowest BCUT2D eigenvalue weighted by Crippen LogP contribution is -2.33. The van der Waals surface area contributed by atoms with Gasteiger partial charge in [-0.1, -0.05) is 18.2 Å². The molecule has 0 radical (unpaired) electrons. The highest BCUT2D eigenvalue weighted by atomic mass is 32.2. The van der Waals surface area contributed by atoms with Crippen LogP contribution in [0.4, 0.5) is 8.78 Å². The molecule has 1 heterocycles. The molecule has 1 aliphatic heterocycles. The van der Waals surface area contributed by atoms with Gasteiger partial charge in [-0.05, 0) is 30.7 Å². The molecule has 1 nitrogen and oxygen atoms in total. The maximum Gasteiger partial charge on any atom is 0.263 e. The number of rotatable bonds is 2. The Hall–Kier alpha value is -0.610. The molecule has 1 aromatic rings. The van der Waals surface area contributed by atoms with Gasteiger partial charge in [0, 0.05) is 11.6 Å². The van der Waals surface area contributed by atoms with Gasteiger partial charge >= 0.3 is 0 Å². The van der Waals surface area contributed by atoms with Crippen molar-refractivity contribution >= 4 is 11.8 Å². The summed E-state index contributed by atoms with van der Waals surface area (Å²) < 4.78 is 25.1. The summed E-state index contributed by atoms with van der Waals surface area (Å²) >= 11 is 1.78. The van der Waals surface area contributed by atoms with E-state index < -0.39 is 6.43 Å². The first-order valence-corrected chi connectivity index (χ1v) is 6.47. The number of nitrogens with one attached hydrogen (secondary N) is 1. The Labute approximate surface area is 98.6 Å². The van der Waals surface area contributed by atoms with Crippen molar-refractivity contribution in [1.82, 2.24) is 5.32 Å². The molecule has 1 fully saturated rings. The van der Waals surface area contributed by atoms with E-state index in [2.05, 4.69) is 12.2 Å². The summed E-state index contributed by atoms with van der Waals surface area (Å²) in [4.78, 5) is 0. The summed E-state index contributed by atoms with van der Waals surface area (Å²) in [6.45, 7) is 2.13. The molecule has 0 saturated carbocycles. The van der Waals surface area contributed by atoms with Crippen LogP contribution in [0.2, 0.25) is 0 Å². The van der Waals surface area contributed by atoms with E-state index in [1.54, 1.807) is 23.9 Å². The summed E-state index contributed by atoms with van der Waals surface area (Å²) in [6, 6.07) is 7.16. The molecule has 2 atom stereocenters. The van der Waals surface area contributed by atoms with E-state index in [0.29, 0.717) is 6.04 Å². The number of alkyl halides is 2. The van der Waals surface area contributed by atoms with Crippen LogP contribution in [-0.4, -0.2) is 11.8 Å². The summed E-state index contributed by atoms with van der Waals surface area (Å²) in [7, 11) is 0. The summed E-state index contributed by atoms with van der Waals surface area (Å²) in [5.74, 6) is 1.08. The van der Waals surface area contributed by atoms with E-state index in [1.807, 2.05) is 6.07 Å². The molecule has 2 rings (SSSR count). The standard InChI is InChI=1S/C12H15F2NS/c1-8-5-6-16-12(15-8)10-4-2-3-9(7-10)11(13)14/h2-4,7-8,11-12,15H,5-6H2,1H3. The molecule has 0 amide bonds. The second kappa shape index (κ2) is 5.15. The van der Waals surface area contributed by atoms with E-state index in [9.17, 15) is 8.78 Å². The lowest BCUT2D eigenvalue weighted by molar-refractivity contribution is 0.151. The number of hydrogen-bond donors (Lipinski definition) is 1. The largest absolute Gasteiger partial charge is 0.299 e. The van der Waals surface area contributed by atoms with Crippen LogP contribution in [0.5, 0.6) is 0 Å². The quantitative estimate of drug-likeness (QED) is 0.849. The van der Waals surface area contributed by atoms with Crippen LogP contribution in [0.15, 0.2) is 24.3 Å². The molecule has 0 aliphatic carbocycles. The van der Waals surface area contributed by atoms with Gasteiger partial charge in [0.25, 0.3) is 6.43 Å². The van der Waals surface area contributed by atoms with Gasteiger partial charge in [0.2, 0.25) is 0 Å². The minimum absolute atomic E-state index is 0.109. The maximum atomic E-state index is 12.6. The molecule has 0 spiro atoms. The zero-order valence-electron chi connectivity index (χ0n) is 9.12. The van der Waals surface area contributed by atoms with Crippen molar-refractivity contribution in [3.05, 3.63) is 35.4 Å². The van der Waals surface area contributed by atoms with E-state index in [1.165, 1.54) is 6.07 Å². The Bertz CT molecular complexity index is 357. The Kier molecular flexibility index (Phi) is 3.82. The second-order valence-corrected chi connectivity index (χ2v) is 5.29. The normalized spacial score (nSPS) is 26.0. The first kappa shape index (κ1) is 11.9. The zero-order chi connectivity index (χ0) is 11.5. The molecule has 4 heteroatoms. The number of benzene rings is 1. The fourth-order valence-corrected chi connectivity index (χ4v) is 3.20. The van der Waals surface area contributed by atoms with Gasteiger partial charge in [0.1, 0.15) is 0 Å². The predicted molar refractivity (Wildman–Crippen MR) is 63.8 cm³/mol. The molecule has 88 valence electrons. The van der Waals surface area contributed by atoms with Crippen molar-refractivity contribution in [3.63, 3.8) is 0 Å². The molecule has 1 N–H and O–H groups in total. The fraction of sp³-hybridized carbons (Fsp3) is 0.500. The summed E-state index contributed by atoms with van der Waals surface area (Å²) in [5.41, 5.74) is 1.06. The average Bonchev–Trinajstić information content (AvgIpc) is 2.29. The van der Waals surface area contributed by atoms with Gasteiger partial charge in [-0.15, -0.1) is 11.8 Å². The molecule has 2 unspecified atom stereocenters. The third-order valence-electron chi connectivity index (χ3n) is 2.74. The maximum absolute atomic E-state index is 12.6. The van der Waals surface area contributed by atoms with Crippen molar-refractivity contribution in [2.24, 2.45) is 0 Å². The minimum atomic E-state index is -2.38. The Morgan fingerprint density at radius 2 is 2.25 bits per heavy atom. The molecule has 0 aromatic heterocycles. The van der Waals surface area contributed by atoms with Crippen LogP contribution in [-0.2, 0) is 0 Å².